The first kappa shape index (κ1) is 16.9. The highest BCUT2D eigenvalue weighted by Gasteiger charge is 2.08. The highest BCUT2D eigenvalue weighted by Crippen LogP contribution is 2.31. The normalized spacial score (nSPS) is 10.7. The smallest absolute Gasteiger partial charge is 0.0190 e. The van der Waals surface area contributed by atoms with Crippen LogP contribution in [0.4, 0.5) is 0 Å². The molecule has 3 rings (SSSR count). The first-order valence-electron chi connectivity index (χ1n) is 8.70. The van der Waals surface area contributed by atoms with E-state index in [2.05, 4.69) is 85.8 Å². The van der Waals surface area contributed by atoms with Crippen LogP contribution in [0.5, 0.6) is 0 Å². The molecule has 3 aromatic carbocycles. The third kappa shape index (κ3) is 4.30. The minimum atomic E-state index is 1.07. The fraction of sp³-hybridized carbons (Fsp3) is 0.217. The molecule has 24 heavy (non-hydrogen) atoms. The van der Waals surface area contributed by atoms with Crippen LogP contribution in [-0.4, -0.2) is 5.75 Å². The molecular weight excluding hydrogens is 308 g/mol. The molecular formula is C23H24S. The molecule has 0 heterocycles. The van der Waals surface area contributed by atoms with E-state index >= 15 is 0 Å². The Morgan fingerprint density at radius 2 is 1.38 bits per heavy atom. The number of thioether (sulfide) groups is 1. The van der Waals surface area contributed by atoms with E-state index in [9.17, 15) is 0 Å². The van der Waals surface area contributed by atoms with Gasteiger partial charge < -0.3 is 0 Å². The average Bonchev–Trinajstić information content (AvgIpc) is 2.66. The first-order chi connectivity index (χ1) is 11.9. The quantitative estimate of drug-likeness (QED) is 0.417. The summed E-state index contributed by atoms with van der Waals surface area (Å²) in [7, 11) is 0. The van der Waals surface area contributed by atoms with Gasteiger partial charge in [0.15, 0.2) is 0 Å². The van der Waals surface area contributed by atoms with Crippen LogP contribution < -0.4 is 0 Å². The third-order valence-corrected chi connectivity index (χ3v) is 5.29. The highest BCUT2D eigenvalue weighted by molar-refractivity contribution is 7.98. The van der Waals surface area contributed by atoms with Crippen LogP contribution >= 0.6 is 11.8 Å². The average molecular weight is 333 g/mol. The van der Waals surface area contributed by atoms with Crippen LogP contribution in [-0.2, 0) is 5.75 Å². The zero-order valence-corrected chi connectivity index (χ0v) is 15.1. The van der Waals surface area contributed by atoms with Crippen LogP contribution in [0.3, 0.4) is 0 Å². The lowest BCUT2D eigenvalue weighted by Gasteiger charge is -2.13. The second kappa shape index (κ2) is 8.75. The maximum Gasteiger partial charge on any atom is 0.0190 e. The molecule has 0 saturated carbocycles. The number of hydrogen-bond donors (Lipinski definition) is 0. The maximum atomic E-state index is 2.37. The molecule has 0 unspecified atom stereocenters. The van der Waals surface area contributed by atoms with E-state index in [4.69, 9.17) is 0 Å². The molecule has 0 aromatic heterocycles. The Labute approximate surface area is 149 Å². The highest BCUT2D eigenvalue weighted by atomic mass is 32.2. The number of rotatable bonds is 7. The fourth-order valence-electron chi connectivity index (χ4n) is 2.85. The van der Waals surface area contributed by atoms with E-state index in [1.807, 2.05) is 11.8 Å². The molecule has 0 radical (unpaired) electrons. The molecule has 0 atom stereocenters. The molecule has 0 aliphatic carbocycles. The summed E-state index contributed by atoms with van der Waals surface area (Å²) in [4.78, 5) is 0. The number of unbranched alkanes of at least 4 members (excludes halogenated alkanes) is 1. The van der Waals surface area contributed by atoms with Gasteiger partial charge in [-0.15, -0.1) is 0 Å². The molecule has 0 fully saturated rings. The second-order valence-corrected chi connectivity index (χ2v) is 7.12. The summed E-state index contributed by atoms with van der Waals surface area (Å²) in [5.74, 6) is 2.31. The van der Waals surface area contributed by atoms with E-state index < -0.39 is 0 Å². The van der Waals surface area contributed by atoms with E-state index in [1.165, 1.54) is 46.4 Å². The minimum absolute atomic E-state index is 1.07. The van der Waals surface area contributed by atoms with Crippen molar-refractivity contribution in [3.8, 4) is 22.3 Å². The molecule has 0 bridgehead atoms. The van der Waals surface area contributed by atoms with E-state index in [0.29, 0.717) is 0 Å². The van der Waals surface area contributed by atoms with Gasteiger partial charge >= 0.3 is 0 Å². The van der Waals surface area contributed by atoms with Gasteiger partial charge in [-0.2, -0.15) is 11.8 Å². The lowest BCUT2D eigenvalue weighted by molar-refractivity contribution is 0.896. The maximum absolute atomic E-state index is 2.37. The Morgan fingerprint density at radius 1 is 0.708 bits per heavy atom. The third-order valence-electron chi connectivity index (χ3n) is 4.20. The van der Waals surface area contributed by atoms with Gasteiger partial charge in [-0.1, -0.05) is 86.1 Å². The van der Waals surface area contributed by atoms with Gasteiger partial charge in [-0.3, -0.25) is 0 Å². The topological polar surface area (TPSA) is 0 Å². The fourth-order valence-corrected chi connectivity index (χ4v) is 3.95. The second-order valence-electron chi connectivity index (χ2n) is 6.01. The van der Waals surface area contributed by atoms with Crippen molar-refractivity contribution in [1.82, 2.24) is 0 Å². The van der Waals surface area contributed by atoms with Crippen molar-refractivity contribution in [1.29, 1.82) is 0 Å². The summed E-state index contributed by atoms with van der Waals surface area (Å²) in [5, 5.41) is 0. The van der Waals surface area contributed by atoms with Crippen LogP contribution in [0, 0.1) is 0 Å². The van der Waals surface area contributed by atoms with E-state index in [0.717, 1.165) is 5.75 Å². The minimum Gasteiger partial charge on any atom is -0.157 e. The van der Waals surface area contributed by atoms with Gasteiger partial charge in [-0.05, 0) is 46.1 Å². The summed E-state index contributed by atoms with van der Waals surface area (Å²) in [5.41, 5.74) is 6.70. The summed E-state index contributed by atoms with van der Waals surface area (Å²) in [6.07, 6.45) is 2.56. The molecule has 122 valence electrons. The van der Waals surface area contributed by atoms with Crippen LogP contribution in [0.25, 0.3) is 22.3 Å². The van der Waals surface area contributed by atoms with Gasteiger partial charge in [0.25, 0.3) is 0 Å². The van der Waals surface area contributed by atoms with Crippen molar-refractivity contribution in [3.05, 3.63) is 84.4 Å². The number of benzene rings is 3. The Balaban J connectivity index is 1.93. The number of hydrogen-bond acceptors (Lipinski definition) is 1. The van der Waals surface area contributed by atoms with Crippen molar-refractivity contribution >= 4 is 11.8 Å². The van der Waals surface area contributed by atoms with Crippen molar-refractivity contribution in [2.24, 2.45) is 0 Å². The molecule has 1 heteroatoms. The summed E-state index contributed by atoms with van der Waals surface area (Å²) >= 11 is 2.04. The van der Waals surface area contributed by atoms with Crippen LogP contribution in [0.15, 0.2) is 78.9 Å². The molecule has 0 N–H and O–H groups in total. The van der Waals surface area contributed by atoms with Gasteiger partial charge in [0.2, 0.25) is 0 Å². The van der Waals surface area contributed by atoms with Gasteiger partial charge in [0, 0.05) is 5.75 Å². The molecule has 0 spiro atoms. The molecule has 0 amide bonds. The standard InChI is InChI=1S/C23H24S/c1-2-3-16-24-18-22-17-21(19-10-6-4-7-11-19)14-15-23(22)20-12-8-5-9-13-20/h4-15,17H,2-3,16,18H2,1H3. The van der Waals surface area contributed by atoms with Gasteiger partial charge in [0.1, 0.15) is 0 Å². The van der Waals surface area contributed by atoms with Crippen LogP contribution in [0.1, 0.15) is 25.3 Å². The van der Waals surface area contributed by atoms with Crippen molar-refractivity contribution < 1.29 is 0 Å². The zero-order valence-electron chi connectivity index (χ0n) is 14.2. The zero-order chi connectivity index (χ0) is 16.6. The Morgan fingerprint density at radius 3 is 2.04 bits per heavy atom. The monoisotopic (exact) mass is 332 g/mol. The SMILES string of the molecule is CCCCSCc1cc(-c2ccccc2)ccc1-c1ccccc1. The largest absolute Gasteiger partial charge is 0.157 e. The Hall–Kier alpha value is -1.99. The summed E-state index contributed by atoms with van der Waals surface area (Å²) in [6.45, 7) is 2.26. The first-order valence-corrected chi connectivity index (χ1v) is 9.85. The molecule has 0 aliphatic heterocycles. The van der Waals surface area contributed by atoms with Crippen molar-refractivity contribution in [2.45, 2.75) is 25.5 Å². The predicted molar refractivity (Wildman–Crippen MR) is 108 cm³/mol. The molecule has 0 saturated heterocycles. The lowest BCUT2D eigenvalue weighted by Crippen LogP contribution is -1.91. The van der Waals surface area contributed by atoms with E-state index in [-0.39, 0.29) is 0 Å². The molecule has 0 nitrogen and oxygen atoms in total. The Bertz CT molecular complexity index is 748. The summed E-state index contributed by atoms with van der Waals surface area (Å²) in [6, 6.07) is 28.3. The van der Waals surface area contributed by atoms with Crippen LogP contribution in [0.2, 0.25) is 0 Å². The van der Waals surface area contributed by atoms with Crippen molar-refractivity contribution in [2.75, 3.05) is 5.75 Å². The molecule has 3 aromatic rings. The Kier molecular flexibility index (Phi) is 6.14. The molecule has 0 aliphatic rings. The van der Waals surface area contributed by atoms with Gasteiger partial charge in [-0.25, -0.2) is 0 Å². The predicted octanol–water partition coefficient (Wildman–Crippen LogP) is 7.05. The lowest BCUT2D eigenvalue weighted by atomic mass is 9.96. The summed E-state index contributed by atoms with van der Waals surface area (Å²) < 4.78 is 0. The van der Waals surface area contributed by atoms with Crippen molar-refractivity contribution in [3.63, 3.8) is 0 Å². The van der Waals surface area contributed by atoms with E-state index in [1.54, 1.807) is 0 Å². The van der Waals surface area contributed by atoms with Gasteiger partial charge in [0.05, 0.1) is 0 Å².